The van der Waals surface area contributed by atoms with Crippen molar-refractivity contribution in [2.45, 2.75) is 0 Å². The van der Waals surface area contributed by atoms with E-state index < -0.39 is 0 Å². The first-order chi connectivity index (χ1) is 6.31. The van der Waals surface area contributed by atoms with Crippen LogP contribution in [0.3, 0.4) is 0 Å². The number of nitrogens with one attached hydrogen (secondary N) is 1. The zero-order valence-corrected chi connectivity index (χ0v) is 7.15. The van der Waals surface area contributed by atoms with Gasteiger partial charge in [-0.15, -0.1) is 0 Å². The molecule has 13 heavy (non-hydrogen) atoms. The van der Waals surface area contributed by atoms with Crippen molar-refractivity contribution in [2.24, 2.45) is 10.7 Å². The van der Waals surface area contributed by atoms with Gasteiger partial charge >= 0.3 is 0 Å². The Hall–Kier alpha value is -1.69. The summed E-state index contributed by atoms with van der Waals surface area (Å²) in [6, 6.07) is 0. The lowest BCUT2D eigenvalue weighted by Crippen LogP contribution is -1.90. The Bertz CT molecular complexity index is 461. The number of aromatic nitrogens is 4. The zero-order chi connectivity index (χ0) is 9.26. The van der Waals surface area contributed by atoms with Crippen molar-refractivity contribution in [3.05, 3.63) is 11.5 Å². The Morgan fingerprint density at radius 2 is 2.38 bits per heavy atom. The van der Waals surface area contributed by atoms with Crippen molar-refractivity contribution in [2.75, 3.05) is 0 Å². The van der Waals surface area contributed by atoms with Crippen molar-refractivity contribution in [1.29, 1.82) is 0 Å². The summed E-state index contributed by atoms with van der Waals surface area (Å²) < 4.78 is 0. The van der Waals surface area contributed by atoms with Crippen molar-refractivity contribution in [3.8, 4) is 0 Å². The van der Waals surface area contributed by atoms with Crippen molar-refractivity contribution in [3.63, 3.8) is 0 Å². The van der Waals surface area contributed by atoms with Gasteiger partial charge < -0.3 is 10.7 Å². The van der Waals surface area contributed by atoms with Crippen LogP contribution in [0.5, 0.6) is 0 Å². The molecule has 2 aromatic rings. The Balaban J connectivity index is 2.69. The molecule has 0 aliphatic rings. The number of aromatic amines is 1. The molecule has 7 heteroatoms. The number of aliphatic imine (C=N–C) groups is 1. The van der Waals surface area contributed by atoms with E-state index in [0.29, 0.717) is 11.2 Å². The Morgan fingerprint density at radius 3 is 3.15 bits per heavy atom. The van der Waals surface area contributed by atoms with E-state index in [0.717, 1.165) is 6.34 Å². The van der Waals surface area contributed by atoms with E-state index >= 15 is 0 Å². The van der Waals surface area contributed by atoms with E-state index in [9.17, 15) is 0 Å². The molecule has 0 fully saturated rings. The Morgan fingerprint density at radius 1 is 1.54 bits per heavy atom. The summed E-state index contributed by atoms with van der Waals surface area (Å²) >= 11 is 5.80. The third-order valence-corrected chi connectivity index (χ3v) is 1.69. The molecule has 2 rings (SSSR count). The monoisotopic (exact) mass is 196 g/mol. The van der Waals surface area contributed by atoms with E-state index in [4.69, 9.17) is 17.3 Å². The highest BCUT2D eigenvalue weighted by molar-refractivity contribution is 6.33. The van der Waals surface area contributed by atoms with E-state index in [1.54, 1.807) is 0 Å². The van der Waals surface area contributed by atoms with Crippen LogP contribution in [0.25, 0.3) is 11.2 Å². The lowest BCUT2D eigenvalue weighted by atomic mass is 10.5. The smallest absolute Gasteiger partial charge is 0.254 e. The van der Waals surface area contributed by atoms with Crippen LogP contribution in [0.2, 0.25) is 5.15 Å². The quantitative estimate of drug-likeness (QED) is 0.397. The number of fused-ring (bicyclic) bond motifs is 1. The number of halogens is 1. The molecular formula is C6H5ClN6. The molecule has 0 aliphatic carbocycles. The first kappa shape index (κ1) is 7.93. The van der Waals surface area contributed by atoms with Crippen LogP contribution in [0.15, 0.2) is 11.3 Å². The van der Waals surface area contributed by atoms with Crippen molar-refractivity contribution in [1.82, 2.24) is 19.9 Å². The summed E-state index contributed by atoms with van der Waals surface area (Å²) in [6.07, 6.45) is 2.59. The zero-order valence-electron chi connectivity index (χ0n) is 6.40. The summed E-state index contributed by atoms with van der Waals surface area (Å²) in [7, 11) is 0. The van der Waals surface area contributed by atoms with Crippen molar-refractivity contribution >= 4 is 35.1 Å². The fourth-order valence-corrected chi connectivity index (χ4v) is 1.13. The van der Waals surface area contributed by atoms with Gasteiger partial charge in [-0.2, -0.15) is 9.97 Å². The second-order valence-corrected chi connectivity index (χ2v) is 2.55. The minimum Gasteiger partial charge on any atom is -0.390 e. The number of H-pyrrole nitrogens is 1. The number of rotatable bonds is 1. The van der Waals surface area contributed by atoms with Crippen LogP contribution >= 0.6 is 11.6 Å². The molecule has 0 atom stereocenters. The van der Waals surface area contributed by atoms with Crippen LogP contribution < -0.4 is 5.73 Å². The number of nitrogens with two attached hydrogens (primary N) is 1. The number of hydrogen-bond acceptors (Lipinski definition) is 4. The molecule has 0 amide bonds. The molecule has 0 unspecified atom stereocenters. The molecule has 3 N–H and O–H groups in total. The highest BCUT2D eigenvalue weighted by Gasteiger charge is 2.05. The molecule has 0 saturated carbocycles. The predicted molar refractivity (Wildman–Crippen MR) is 49.0 cm³/mol. The van der Waals surface area contributed by atoms with Crippen molar-refractivity contribution < 1.29 is 0 Å². The van der Waals surface area contributed by atoms with Gasteiger partial charge in [-0.25, -0.2) is 9.98 Å². The summed E-state index contributed by atoms with van der Waals surface area (Å²) in [4.78, 5) is 18.3. The summed E-state index contributed by atoms with van der Waals surface area (Å²) in [6.45, 7) is 0. The first-order valence-corrected chi connectivity index (χ1v) is 3.80. The molecule has 0 saturated heterocycles. The first-order valence-electron chi connectivity index (χ1n) is 3.42. The van der Waals surface area contributed by atoms with E-state index in [2.05, 4.69) is 24.9 Å². The van der Waals surface area contributed by atoms with Crippen LogP contribution in [-0.2, 0) is 0 Å². The van der Waals surface area contributed by atoms with Gasteiger partial charge in [0.15, 0.2) is 10.8 Å². The Kier molecular flexibility index (Phi) is 1.82. The van der Waals surface area contributed by atoms with E-state index in [-0.39, 0.29) is 11.1 Å². The maximum Gasteiger partial charge on any atom is 0.254 e. The average molecular weight is 197 g/mol. The van der Waals surface area contributed by atoms with Gasteiger partial charge in [-0.1, -0.05) is 11.6 Å². The lowest BCUT2D eigenvalue weighted by molar-refractivity contribution is 1.16. The second-order valence-electron chi connectivity index (χ2n) is 2.19. The van der Waals surface area contributed by atoms with Crippen LogP contribution in [0.4, 0.5) is 5.95 Å². The number of imidazole rings is 1. The maximum atomic E-state index is 5.80. The average Bonchev–Trinajstić information content (AvgIpc) is 2.53. The largest absolute Gasteiger partial charge is 0.390 e. The molecule has 6 nitrogen and oxygen atoms in total. The molecule has 66 valence electrons. The third-order valence-electron chi connectivity index (χ3n) is 1.42. The van der Waals surface area contributed by atoms with Gasteiger partial charge in [0, 0.05) is 0 Å². The topological polar surface area (TPSA) is 92.8 Å². The number of nitrogens with zero attached hydrogens (tertiary/aromatic N) is 4. The highest BCUT2D eigenvalue weighted by Crippen LogP contribution is 2.18. The van der Waals surface area contributed by atoms with Gasteiger partial charge in [0.05, 0.1) is 12.7 Å². The second kappa shape index (κ2) is 2.98. The summed E-state index contributed by atoms with van der Waals surface area (Å²) in [5.74, 6) is 0.201. The molecule has 2 heterocycles. The van der Waals surface area contributed by atoms with Gasteiger partial charge in [0.1, 0.15) is 5.52 Å². The normalized spacial score (nSPS) is 11.5. The summed E-state index contributed by atoms with van der Waals surface area (Å²) in [5, 5.41) is 0.281. The molecular weight excluding hydrogens is 192 g/mol. The Labute approximate surface area is 77.9 Å². The van der Waals surface area contributed by atoms with Gasteiger partial charge in [0.25, 0.3) is 5.95 Å². The molecule has 0 aliphatic heterocycles. The van der Waals surface area contributed by atoms with E-state index in [1.807, 2.05) is 0 Å². The maximum absolute atomic E-state index is 5.80. The summed E-state index contributed by atoms with van der Waals surface area (Å²) in [5.41, 5.74) is 6.15. The molecule has 0 radical (unpaired) electrons. The van der Waals surface area contributed by atoms with Gasteiger partial charge in [0.2, 0.25) is 0 Å². The van der Waals surface area contributed by atoms with Crippen LogP contribution in [0, 0.1) is 0 Å². The fraction of sp³-hybridized carbons (Fsp3) is 0. The minimum atomic E-state index is 0.201. The predicted octanol–water partition coefficient (Wildman–Crippen LogP) is 0.625. The van der Waals surface area contributed by atoms with Crippen LogP contribution in [-0.4, -0.2) is 26.3 Å². The third kappa shape index (κ3) is 1.31. The van der Waals surface area contributed by atoms with Gasteiger partial charge in [-0.3, -0.25) is 0 Å². The SMILES string of the molecule is N/C=N/c1nc(Cl)c2[nH]cnc2n1. The molecule has 0 aromatic carbocycles. The molecule has 0 bridgehead atoms. The van der Waals surface area contributed by atoms with E-state index in [1.165, 1.54) is 6.33 Å². The standard InChI is InChI=1S/C6H5ClN6/c7-4-3-5(11-2-10-3)13-6(12-4)9-1-8/h1-2H,(H3,8,9,10,11,12,13). The molecule has 0 spiro atoms. The van der Waals surface area contributed by atoms with Gasteiger partial charge in [-0.05, 0) is 0 Å². The fourth-order valence-electron chi connectivity index (χ4n) is 0.911. The lowest BCUT2D eigenvalue weighted by Gasteiger charge is -1.93. The highest BCUT2D eigenvalue weighted by atomic mass is 35.5. The number of hydrogen-bond donors (Lipinski definition) is 2. The molecule has 2 aromatic heterocycles. The minimum absolute atomic E-state index is 0.201. The van der Waals surface area contributed by atoms with Crippen LogP contribution in [0.1, 0.15) is 0 Å².